The summed E-state index contributed by atoms with van der Waals surface area (Å²) in [5.41, 5.74) is 3.19. The number of hydrogen-bond donors (Lipinski definition) is 1. The fraction of sp³-hybridized carbons (Fsp3) is 0.150. The van der Waals surface area contributed by atoms with E-state index in [1.165, 1.54) is 11.9 Å². The molecule has 5 heteroatoms. The quantitative estimate of drug-likeness (QED) is 0.591. The zero-order valence-electron chi connectivity index (χ0n) is 14.0. The van der Waals surface area contributed by atoms with E-state index < -0.39 is 0 Å². The van der Waals surface area contributed by atoms with Crippen LogP contribution in [0.1, 0.15) is 24.9 Å². The summed E-state index contributed by atoms with van der Waals surface area (Å²) in [6, 6.07) is 22.8. The van der Waals surface area contributed by atoms with E-state index >= 15 is 0 Å². The van der Waals surface area contributed by atoms with E-state index in [1.807, 2.05) is 42.5 Å². The summed E-state index contributed by atoms with van der Waals surface area (Å²) in [4.78, 5) is 8.89. The van der Waals surface area contributed by atoms with Crippen LogP contribution in [0.4, 0.5) is 5.82 Å². The molecule has 2 aromatic carbocycles. The van der Waals surface area contributed by atoms with Crippen LogP contribution in [0.5, 0.6) is 0 Å². The van der Waals surface area contributed by atoms with Crippen LogP contribution >= 0.6 is 0 Å². The Morgan fingerprint density at radius 2 is 1.72 bits per heavy atom. The Bertz CT molecular complexity index is 963. The molecule has 4 rings (SSSR count). The van der Waals surface area contributed by atoms with Crippen molar-refractivity contribution in [2.75, 3.05) is 5.32 Å². The monoisotopic (exact) mass is 329 g/mol. The molecule has 2 aromatic heterocycles. The van der Waals surface area contributed by atoms with Crippen LogP contribution in [0.15, 0.2) is 73.1 Å². The van der Waals surface area contributed by atoms with Crippen molar-refractivity contribution in [3.63, 3.8) is 0 Å². The number of anilines is 1. The summed E-state index contributed by atoms with van der Waals surface area (Å²) in [5.74, 6) is 1.48. The van der Waals surface area contributed by atoms with Gasteiger partial charge in [-0.1, -0.05) is 67.6 Å². The van der Waals surface area contributed by atoms with E-state index in [0.29, 0.717) is 5.78 Å². The zero-order valence-corrected chi connectivity index (χ0v) is 14.0. The molecule has 0 aliphatic carbocycles. The minimum Gasteiger partial charge on any atom is -0.363 e. The van der Waals surface area contributed by atoms with Gasteiger partial charge in [0.1, 0.15) is 12.1 Å². The zero-order chi connectivity index (χ0) is 17.1. The van der Waals surface area contributed by atoms with Crippen LogP contribution in [-0.2, 0) is 0 Å². The summed E-state index contributed by atoms with van der Waals surface area (Å²) in [7, 11) is 0. The van der Waals surface area contributed by atoms with Gasteiger partial charge in [-0.25, -0.2) is 4.98 Å². The minimum absolute atomic E-state index is 0.194. The van der Waals surface area contributed by atoms with Crippen LogP contribution in [0.3, 0.4) is 0 Å². The first-order valence-corrected chi connectivity index (χ1v) is 8.43. The van der Waals surface area contributed by atoms with E-state index in [-0.39, 0.29) is 6.04 Å². The molecule has 5 nitrogen and oxygen atoms in total. The fourth-order valence-electron chi connectivity index (χ4n) is 2.96. The minimum atomic E-state index is 0.194. The molecule has 0 saturated heterocycles. The molecule has 0 spiro atoms. The fourth-order valence-corrected chi connectivity index (χ4v) is 2.96. The summed E-state index contributed by atoms with van der Waals surface area (Å²) in [6.45, 7) is 2.17. The summed E-state index contributed by atoms with van der Waals surface area (Å²) in [5, 5.41) is 7.92. The third-order valence-electron chi connectivity index (χ3n) is 4.25. The SMILES string of the molecule is CC[C@@H](Nc1cc(-c2ccccc2)nc2ncnn12)c1ccccc1. The highest BCUT2D eigenvalue weighted by Crippen LogP contribution is 2.26. The van der Waals surface area contributed by atoms with Gasteiger partial charge < -0.3 is 5.32 Å². The standard InChI is InChI=1S/C20H19N5/c1-2-17(15-9-5-3-6-10-15)23-19-13-18(16-11-7-4-8-12-16)24-20-21-14-22-25(19)20/h3-14,17,23H,2H2,1H3/t17-/m1/s1. The Hall–Kier alpha value is -3.21. The molecule has 0 unspecified atom stereocenters. The number of rotatable bonds is 5. The van der Waals surface area contributed by atoms with Gasteiger partial charge in [0.15, 0.2) is 0 Å². The van der Waals surface area contributed by atoms with Crippen LogP contribution in [0.25, 0.3) is 17.0 Å². The third-order valence-corrected chi connectivity index (χ3v) is 4.25. The number of benzene rings is 2. The first-order valence-electron chi connectivity index (χ1n) is 8.43. The molecular formula is C20H19N5. The number of hydrogen-bond acceptors (Lipinski definition) is 4. The average Bonchev–Trinajstić information content (AvgIpc) is 3.16. The van der Waals surface area contributed by atoms with Gasteiger partial charge in [-0.15, -0.1) is 0 Å². The van der Waals surface area contributed by atoms with Gasteiger partial charge in [-0.2, -0.15) is 14.6 Å². The maximum atomic E-state index is 4.62. The van der Waals surface area contributed by atoms with Gasteiger partial charge >= 0.3 is 0 Å². The Labute approximate surface area is 146 Å². The Morgan fingerprint density at radius 1 is 1.00 bits per heavy atom. The van der Waals surface area contributed by atoms with Crippen LogP contribution in [0, 0.1) is 0 Å². The van der Waals surface area contributed by atoms with Gasteiger partial charge in [0.2, 0.25) is 0 Å². The van der Waals surface area contributed by atoms with Crippen molar-refractivity contribution in [3.05, 3.63) is 78.6 Å². The first-order chi connectivity index (χ1) is 12.3. The van der Waals surface area contributed by atoms with Crippen molar-refractivity contribution in [3.8, 4) is 11.3 Å². The van der Waals surface area contributed by atoms with E-state index in [9.17, 15) is 0 Å². The predicted molar refractivity (Wildman–Crippen MR) is 99.3 cm³/mol. The third kappa shape index (κ3) is 3.08. The molecule has 0 saturated carbocycles. The van der Waals surface area contributed by atoms with Gasteiger partial charge in [0, 0.05) is 11.6 Å². The number of nitrogens with zero attached hydrogens (tertiary/aromatic N) is 4. The summed E-state index contributed by atoms with van der Waals surface area (Å²) < 4.78 is 1.75. The second kappa shape index (κ2) is 6.73. The molecule has 25 heavy (non-hydrogen) atoms. The summed E-state index contributed by atoms with van der Waals surface area (Å²) in [6.07, 6.45) is 2.49. The molecule has 1 atom stereocenters. The number of fused-ring (bicyclic) bond motifs is 1. The molecule has 0 aliphatic heterocycles. The Morgan fingerprint density at radius 3 is 2.44 bits per heavy atom. The van der Waals surface area contributed by atoms with E-state index in [1.54, 1.807) is 4.52 Å². The molecule has 0 aliphatic rings. The highest BCUT2D eigenvalue weighted by molar-refractivity contribution is 5.65. The highest BCUT2D eigenvalue weighted by Gasteiger charge is 2.14. The molecule has 2 heterocycles. The lowest BCUT2D eigenvalue weighted by molar-refractivity contribution is 0.735. The summed E-state index contributed by atoms with van der Waals surface area (Å²) >= 11 is 0. The maximum absolute atomic E-state index is 4.62. The van der Waals surface area contributed by atoms with Crippen molar-refractivity contribution in [1.82, 2.24) is 19.6 Å². The maximum Gasteiger partial charge on any atom is 0.254 e. The first kappa shape index (κ1) is 15.3. The van der Waals surface area contributed by atoms with Gasteiger partial charge in [-0.3, -0.25) is 0 Å². The Balaban J connectivity index is 1.77. The second-order valence-corrected chi connectivity index (χ2v) is 5.88. The van der Waals surface area contributed by atoms with Crippen LogP contribution < -0.4 is 5.32 Å². The second-order valence-electron chi connectivity index (χ2n) is 5.88. The molecular weight excluding hydrogens is 310 g/mol. The number of aromatic nitrogens is 4. The van der Waals surface area contributed by atoms with E-state index in [4.69, 9.17) is 0 Å². The topological polar surface area (TPSA) is 55.1 Å². The van der Waals surface area contributed by atoms with E-state index in [2.05, 4.69) is 51.6 Å². The van der Waals surface area contributed by atoms with Crippen molar-refractivity contribution in [2.45, 2.75) is 19.4 Å². The normalized spacial score (nSPS) is 12.2. The number of nitrogens with one attached hydrogen (secondary N) is 1. The van der Waals surface area contributed by atoms with Gasteiger partial charge in [0.05, 0.1) is 11.7 Å². The van der Waals surface area contributed by atoms with Crippen molar-refractivity contribution >= 4 is 11.6 Å². The largest absolute Gasteiger partial charge is 0.363 e. The molecule has 0 amide bonds. The molecule has 0 radical (unpaired) electrons. The smallest absolute Gasteiger partial charge is 0.254 e. The molecule has 124 valence electrons. The van der Waals surface area contributed by atoms with E-state index in [0.717, 1.165) is 23.5 Å². The Kier molecular flexibility index (Phi) is 4.12. The lowest BCUT2D eigenvalue weighted by Crippen LogP contribution is -2.13. The lowest BCUT2D eigenvalue weighted by Gasteiger charge is -2.19. The van der Waals surface area contributed by atoms with Gasteiger partial charge in [-0.05, 0) is 12.0 Å². The van der Waals surface area contributed by atoms with Gasteiger partial charge in [0.25, 0.3) is 5.78 Å². The van der Waals surface area contributed by atoms with Crippen molar-refractivity contribution in [2.24, 2.45) is 0 Å². The predicted octanol–water partition coefficient (Wildman–Crippen LogP) is 4.35. The van der Waals surface area contributed by atoms with Crippen molar-refractivity contribution < 1.29 is 0 Å². The molecule has 4 aromatic rings. The lowest BCUT2D eigenvalue weighted by atomic mass is 10.0. The van der Waals surface area contributed by atoms with Crippen LogP contribution in [0.2, 0.25) is 0 Å². The molecule has 0 bridgehead atoms. The molecule has 0 fully saturated rings. The van der Waals surface area contributed by atoms with Crippen LogP contribution in [-0.4, -0.2) is 19.6 Å². The average molecular weight is 329 g/mol. The molecule has 1 N–H and O–H groups in total. The highest BCUT2D eigenvalue weighted by atomic mass is 15.4. The van der Waals surface area contributed by atoms with Crippen molar-refractivity contribution in [1.29, 1.82) is 0 Å².